The van der Waals surface area contributed by atoms with E-state index in [1.54, 1.807) is 0 Å². The van der Waals surface area contributed by atoms with Gasteiger partial charge >= 0.3 is 5.97 Å². The summed E-state index contributed by atoms with van der Waals surface area (Å²) in [6.45, 7) is 16.1. The van der Waals surface area contributed by atoms with Crippen LogP contribution in [0.5, 0.6) is 0 Å². The molecule has 0 amide bonds. The van der Waals surface area contributed by atoms with Crippen LogP contribution in [0.15, 0.2) is 72.8 Å². The molecule has 3 aromatic rings. The first-order valence-corrected chi connectivity index (χ1v) is 16.4. The number of aryl methyl sites for hydroxylation is 1. The number of carbonyl (C=O) groups excluding carboxylic acids is 1. The quantitative estimate of drug-likeness (QED) is 0.195. The maximum absolute atomic E-state index is 12.1. The van der Waals surface area contributed by atoms with Crippen molar-refractivity contribution in [2.24, 2.45) is 0 Å². The third kappa shape index (κ3) is 5.47. The van der Waals surface area contributed by atoms with Crippen LogP contribution >= 0.6 is 0 Å². The number of fused-ring (bicyclic) bond motifs is 1. The van der Waals surface area contributed by atoms with E-state index in [1.165, 1.54) is 44.2 Å². The van der Waals surface area contributed by atoms with Gasteiger partial charge in [0.05, 0.1) is 20.2 Å². The zero-order chi connectivity index (χ0) is 26.1. The molecule has 0 spiro atoms. The number of ether oxygens (including phenoxy) is 1. The minimum Gasteiger partial charge on any atom is -0.462 e. The summed E-state index contributed by atoms with van der Waals surface area (Å²) in [6, 6.07) is 23.7. The van der Waals surface area contributed by atoms with E-state index in [2.05, 4.69) is 107 Å². The Labute approximate surface area is 217 Å². The van der Waals surface area contributed by atoms with Crippen LogP contribution < -0.4 is 0 Å². The van der Waals surface area contributed by atoms with Crippen LogP contribution in [0.25, 0.3) is 16.8 Å². The molecule has 0 saturated carbocycles. The standard InChI is InChI=1S/C33H38O2Si/c1-8-35-32(34)27-16-14-26(15-17-27)31(36(5,6)7)22-24-11-18-30-29(21-24)28(19-20-33(30,3)4)25-12-9-23(2)10-13-25/h9-19,21-22H,8,20H2,1-7H3/b31-22-. The molecule has 0 heterocycles. The first-order chi connectivity index (χ1) is 17.0. The zero-order valence-electron chi connectivity index (χ0n) is 22.7. The molecule has 36 heavy (non-hydrogen) atoms. The Balaban J connectivity index is 1.79. The summed E-state index contributed by atoms with van der Waals surface area (Å²) in [7, 11) is -1.69. The van der Waals surface area contributed by atoms with Crippen molar-refractivity contribution in [2.45, 2.75) is 59.2 Å². The Bertz CT molecular complexity index is 1320. The predicted octanol–water partition coefficient (Wildman–Crippen LogP) is 8.70. The minimum absolute atomic E-state index is 0.107. The number of allylic oxidation sites excluding steroid dienone is 1. The third-order valence-electron chi connectivity index (χ3n) is 7.07. The highest BCUT2D eigenvalue weighted by Gasteiger charge is 2.29. The molecule has 0 unspecified atom stereocenters. The lowest BCUT2D eigenvalue weighted by atomic mass is 9.72. The van der Waals surface area contributed by atoms with Gasteiger partial charge in [-0.3, -0.25) is 0 Å². The Morgan fingerprint density at radius 3 is 2.19 bits per heavy atom. The van der Waals surface area contributed by atoms with E-state index >= 15 is 0 Å². The van der Waals surface area contributed by atoms with Gasteiger partial charge in [0.25, 0.3) is 0 Å². The summed E-state index contributed by atoms with van der Waals surface area (Å²) in [5, 5.41) is 1.37. The van der Waals surface area contributed by atoms with Crippen molar-refractivity contribution in [1.82, 2.24) is 0 Å². The first-order valence-electron chi connectivity index (χ1n) is 12.9. The Morgan fingerprint density at radius 1 is 0.944 bits per heavy atom. The molecule has 0 bridgehead atoms. The van der Waals surface area contributed by atoms with E-state index in [0.29, 0.717) is 12.2 Å². The second-order valence-electron chi connectivity index (χ2n) is 11.5. The van der Waals surface area contributed by atoms with Crippen LogP contribution in [-0.4, -0.2) is 20.7 Å². The van der Waals surface area contributed by atoms with Crippen LogP contribution in [0.4, 0.5) is 0 Å². The zero-order valence-corrected chi connectivity index (χ0v) is 23.7. The highest BCUT2D eigenvalue weighted by molar-refractivity contribution is 6.94. The summed E-state index contributed by atoms with van der Waals surface area (Å²) in [5.74, 6) is -0.268. The third-order valence-corrected chi connectivity index (χ3v) is 9.12. The molecule has 0 aromatic heterocycles. The van der Waals surface area contributed by atoms with Crippen molar-refractivity contribution in [3.63, 3.8) is 0 Å². The van der Waals surface area contributed by atoms with Gasteiger partial charge < -0.3 is 4.74 Å². The Kier molecular flexibility index (Phi) is 7.24. The number of hydrogen-bond acceptors (Lipinski definition) is 2. The van der Waals surface area contributed by atoms with Crippen molar-refractivity contribution >= 4 is 30.9 Å². The lowest BCUT2D eigenvalue weighted by molar-refractivity contribution is 0.0526. The van der Waals surface area contributed by atoms with Gasteiger partial charge in [-0.25, -0.2) is 4.79 Å². The average molecular weight is 495 g/mol. The molecule has 2 nitrogen and oxygen atoms in total. The van der Waals surface area contributed by atoms with Crippen LogP contribution in [0.1, 0.15) is 70.9 Å². The maximum atomic E-state index is 12.1. The fraction of sp³-hybridized carbons (Fsp3) is 0.303. The molecule has 0 saturated heterocycles. The van der Waals surface area contributed by atoms with Crippen LogP contribution in [0, 0.1) is 6.92 Å². The summed E-state index contributed by atoms with van der Waals surface area (Å²) in [5.41, 5.74) is 9.72. The molecule has 0 atom stereocenters. The molecule has 1 aliphatic rings. The van der Waals surface area contributed by atoms with Crippen LogP contribution in [-0.2, 0) is 10.2 Å². The van der Waals surface area contributed by atoms with E-state index < -0.39 is 8.07 Å². The Morgan fingerprint density at radius 2 is 1.58 bits per heavy atom. The Hall–Kier alpha value is -3.17. The van der Waals surface area contributed by atoms with Gasteiger partial charge in [0, 0.05) is 0 Å². The summed E-state index contributed by atoms with van der Waals surface area (Å²) < 4.78 is 5.16. The van der Waals surface area contributed by atoms with Crippen molar-refractivity contribution in [1.29, 1.82) is 0 Å². The molecule has 3 heteroatoms. The second kappa shape index (κ2) is 10.1. The summed E-state index contributed by atoms with van der Waals surface area (Å²) >= 11 is 0. The van der Waals surface area contributed by atoms with E-state index in [1.807, 2.05) is 19.1 Å². The van der Waals surface area contributed by atoms with Crippen LogP contribution in [0.3, 0.4) is 0 Å². The normalized spacial score (nSPS) is 15.2. The number of esters is 1. The average Bonchev–Trinajstić information content (AvgIpc) is 2.83. The van der Waals surface area contributed by atoms with Gasteiger partial charge in [0.1, 0.15) is 0 Å². The molecule has 0 aliphatic heterocycles. The predicted molar refractivity (Wildman–Crippen MR) is 156 cm³/mol. The maximum Gasteiger partial charge on any atom is 0.338 e. The number of rotatable bonds is 6. The molecule has 0 fully saturated rings. The number of hydrogen-bond donors (Lipinski definition) is 0. The van der Waals surface area contributed by atoms with Gasteiger partial charge in [0.15, 0.2) is 0 Å². The first kappa shape index (κ1) is 25.9. The molecule has 3 aromatic carbocycles. The van der Waals surface area contributed by atoms with E-state index in [-0.39, 0.29) is 11.4 Å². The van der Waals surface area contributed by atoms with Crippen molar-refractivity contribution in [2.75, 3.05) is 6.61 Å². The van der Waals surface area contributed by atoms with Crippen LogP contribution in [0.2, 0.25) is 19.6 Å². The minimum atomic E-state index is -1.69. The topological polar surface area (TPSA) is 26.3 Å². The molecule has 0 radical (unpaired) electrons. The second-order valence-corrected chi connectivity index (χ2v) is 16.5. The summed E-state index contributed by atoms with van der Waals surface area (Å²) in [4.78, 5) is 12.1. The lowest BCUT2D eigenvalue weighted by Gasteiger charge is -2.33. The number of benzene rings is 3. The van der Waals surface area contributed by atoms with E-state index in [4.69, 9.17) is 4.74 Å². The van der Waals surface area contributed by atoms with Crippen molar-refractivity contribution < 1.29 is 9.53 Å². The van der Waals surface area contributed by atoms with E-state index in [0.717, 1.165) is 6.42 Å². The molecular weight excluding hydrogens is 456 g/mol. The van der Waals surface area contributed by atoms with Gasteiger partial charge in [-0.1, -0.05) is 105 Å². The lowest BCUT2D eigenvalue weighted by Crippen LogP contribution is -2.23. The van der Waals surface area contributed by atoms with Crippen molar-refractivity contribution in [3.05, 3.63) is 112 Å². The molecule has 4 rings (SSSR count). The molecule has 1 aliphatic carbocycles. The summed E-state index contributed by atoms with van der Waals surface area (Å²) in [6.07, 6.45) is 5.81. The SMILES string of the molecule is CCOC(=O)c1ccc(/C(=C/c2ccc3c(c2)C(c2ccc(C)cc2)=CCC3(C)C)[Si](C)(C)C)cc1. The highest BCUT2D eigenvalue weighted by Crippen LogP contribution is 2.42. The van der Waals surface area contributed by atoms with Gasteiger partial charge in [-0.2, -0.15) is 0 Å². The molecule has 0 N–H and O–H groups in total. The molecule has 186 valence electrons. The number of carbonyl (C=O) groups is 1. The fourth-order valence-electron chi connectivity index (χ4n) is 4.95. The molecular formula is C33H38O2Si. The van der Waals surface area contributed by atoms with Gasteiger partial charge in [-0.05, 0) is 77.3 Å². The highest BCUT2D eigenvalue weighted by atomic mass is 28.3. The largest absolute Gasteiger partial charge is 0.462 e. The van der Waals surface area contributed by atoms with Gasteiger partial charge in [0.2, 0.25) is 0 Å². The van der Waals surface area contributed by atoms with E-state index in [9.17, 15) is 4.79 Å². The smallest absolute Gasteiger partial charge is 0.338 e. The van der Waals surface area contributed by atoms with Crippen molar-refractivity contribution in [3.8, 4) is 0 Å². The van der Waals surface area contributed by atoms with Gasteiger partial charge in [-0.15, -0.1) is 0 Å². The monoisotopic (exact) mass is 494 g/mol. The fourth-order valence-corrected chi connectivity index (χ4v) is 6.58.